The lowest BCUT2D eigenvalue weighted by Crippen LogP contribution is -2.23. The Hall–Kier alpha value is -3.16. The van der Waals surface area contributed by atoms with Gasteiger partial charge in [0.15, 0.2) is 0 Å². The van der Waals surface area contributed by atoms with Crippen LogP contribution in [0.15, 0.2) is 36.5 Å². The number of carbonyl (C=O) groups is 1. The van der Waals surface area contributed by atoms with Gasteiger partial charge in [-0.25, -0.2) is 4.98 Å². The average Bonchev–Trinajstić information content (AvgIpc) is 2.53. The van der Waals surface area contributed by atoms with Gasteiger partial charge in [0.05, 0.1) is 16.6 Å². The number of aromatic hydroxyl groups is 1. The molecule has 0 unspecified atom stereocenters. The maximum Gasteiger partial charge on any atom is 0.311 e. The number of benzene rings is 1. The fourth-order valence-corrected chi connectivity index (χ4v) is 1.97. The third kappa shape index (κ3) is 4.19. The molecule has 0 aliphatic carbocycles. The highest BCUT2D eigenvalue weighted by atomic mass is 16.6. The molecule has 0 saturated carbocycles. The first-order chi connectivity index (χ1) is 11.4. The number of para-hydroxylation sites is 1. The molecule has 2 aromatic rings. The van der Waals surface area contributed by atoms with Crippen molar-refractivity contribution in [3.63, 3.8) is 0 Å². The van der Waals surface area contributed by atoms with E-state index in [-0.39, 0.29) is 18.2 Å². The molecule has 8 heteroatoms. The second-order valence-electron chi connectivity index (χ2n) is 5.28. The molecule has 0 fully saturated rings. The van der Waals surface area contributed by atoms with Crippen LogP contribution in [0.1, 0.15) is 29.8 Å². The average molecular weight is 331 g/mol. The van der Waals surface area contributed by atoms with E-state index < -0.39 is 22.3 Å². The Morgan fingerprint density at radius 2 is 2.12 bits per heavy atom. The second-order valence-corrected chi connectivity index (χ2v) is 5.28. The van der Waals surface area contributed by atoms with Crippen LogP contribution in [0.3, 0.4) is 0 Å². The van der Waals surface area contributed by atoms with Gasteiger partial charge in [0.25, 0.3) is 5.91 Å². The van der Waals surface area contributed by atoms with Crippen molar-refractivity contribution in [2.75, 3.05) is 0 Å². The maximum atomic E-state index is 12.1. The standard InChI is InChI=1S/C16H17N3O5/c1-10(2)24-14-7-6-11(8-17-14)9-18-16(21)12-4-3-5-13(15(12)20)19(22)23/h3-8,10,20H,9H2,1-2H3,(H,18,21). The molecule has 0 aliphatic heterocycles. The molecule has 2 rings (SSSR count). The highest BCUT2D eigenvalue weighted by Gasteiger charge is 2.20. The molecular formula is C16H17N3O5. The SMILES string of the molecule is CC(C)Oc1ccc(CNC(=O)c2cccc([N+](=O)[O-])c2O)cn1. The number of phenols is 1. The number of hydrogen-bond acceptors (Lipinski definition) is 6. The molecule has 0 atom stereocenters. The van der Waals surface area contributed by atoms with Crippen molar-refractivity contribution in [2.24, 2.45) is 0 Å². The van der Waals surface area contributed by atoms with Crippen LogP contribution < -0.4 is 10.1 Å². The normalized spacial score (nSPS) is 10.5. The summed E-state index contributed by atoms with van der Waals surface area (Å²) in [5, 5.41) is 23.2. The summed E-state index contributed by atoms with van der Waals surface area (Å²) in [6.07, 6.45) is 1.57. The van der Waals surface area contributed by atoms with E-state index in [1.54, 1.807) is 18.3 Å². The van der Waals surface area contributed by atoms with Crippen molar-refractivity contribution in [3.05, 3.63) is 57.8 Å². The van der Waals surface area contributed by atoms with Gasteiger partial charge >= 0.3 is 5.69 Å². The number of nitrogens with zero attached hydrogens (tertiary/aromatic N) is 2. The van der Waals surface area contributed by atoms with Crippen LogP contribution in [0.5, 0.6) is 11.6 Å². The van der Waals surface area contributed by atoms with Crippen molar-refractivity contribution in [1.29, 1.82) is 0 Å². The summed E-state index contributed by atoms with van der Waals surface area (Å²) in [6, 6.07) is 7.22. The van der Waals surface area contributed by atoms with Gasteiger partial charge in [0.1, 0.15) is 0 Å². The van der Waals surface area contributed by atoms with E-state index in [0.29, 0.717) is 5.88 Å². The molecule has 1 aromatic carbocycles. The van der Waals surface area contributed by atoms with Crippen molar-refractivity contribution in [3.8, 4) is 11.6 Å². The van der Waals surface area contributed by atoms with E-state index in [2.05, 4.69) is 10.3 Å². The van der Waals surface area contributed by atoms with Crippen LogP contribution in [-0.4, -0.2) is 27.0 Å². The minimum atomic E-state index is -0.747. The second kappa shape index (κ2) is 7.40. The summed E-state index contributed by atoms with van der Waals surface area (Å²) in [5.74, 6) is -0.783. The molecular weight excluding hydrogens is 314 g/mol. The zero-order valence-corrected chi connectivity index (χ0v) is 13.2. The number of ether oxygens (including phenoxy) is 1. The van der Waals surface area contributed by atoms with Crippen LogP contribution in [0.25, 0.3) is 0 Å². The number of hydrogen-bond donors (Lipinski definition) is 2. The van der Waals surface area contributed by atoms with Gasteiger partial charge < -0.3 is 15.2 Å². The molecule has 2 N–H and O–H groups in total. The Kier molecular flexibility index (Phi) is 5.31. The Morgan fingerprint density at radius 3 is 2.71 bits per heavy atom. The lowest BCUT2D eigenvalue weighted by Gasteiger charge is -2.10. The zero-order valence-electron chi connectivity index (χ0n) is 13.2. The number of carbonyl (C=O) groups excluding carboxylic acids is 1. The summed E-state index contributed by atoms with van der Waals surface area (Å²) < 4.78 is 5.42. The molecule has 1 aromatic heterocycles. The molecule has 0 radical (unpaired) electrons. The van der Waals surface area contributed by atoms with Gasteiger partial charge in [-0.05, 0) is 25.5 Å². The largest absolute Gasteiger partial charge is 0.502 e. The third-order valence-corrected chi connectivity index (χ3v) is 3.06. The highest BCUT2D eigenvalue weighted by Crippen LogP contribution is 2.29. The first kappa shape index (κ1) is 17.2. The molecule has 1 heterocycles. The monoisotopic (exact) mass is 331 g/mol. The van der Waals surface area contributed by atoms with Crippen LogP contribution in [-0.2, 0) is 6.54 Å². The molecule has 0 bridgehead atoms. The summed E-state index contributed by atoms with van der Waals surface area (Å²) >= 11 is 0. The van der Waals surface area contributed by atoms with Gasteiger partial charge in [-0.2, -0.15) is 0 Å². The molecule has 0 spiro atoms. The van der Waals surface area contributed by atoms with Crippen molar-refractivity contribution in [1.82, 2.24) is 10.3 Å². The number of nitro benzene ring substituents is 1. The van der Waals surface area contributed by atoms with Crippen LogP contribution in [0.2, 0.25) is 0 Å². The maximum absolute atomic E-state index is 12.1. The first-order valence-electron chi connectivity index (χ1n) is 7.24. The number of amides is 1. The van der Waals surface area contributed by atoms with Gasteiger partial charge in [-0.15, -0.1) is 0 Å². The minimum absolute atomic E-state index is 0.0138. The molecule has 126 valence electrons. The topological polar surface area (TPSA) is 115 Å². The Morgan fingerprint density at radius 1 is 1.38 bits per heavy atom. The summed E-state index contributed by atoms with van der Waals surface area (Å²) in [5.41, 5.74) is 0.0563. The highest BCUT2D eigenvalue weighted by molar-refractivity contribution is 5.98. The number of aromatic nitrogens is 1. The van der Waals surface area contributed by atoms with E-state index in [9.17, 15) is 20.0 Å². The molecule has 24 heavy (non-hydrogen) atoms. The number of phenolic OH excluding ortho intramolecular Hbond substituents is 1. The number of nitro groups is 1. The van der Waals surface area contributed by atoms with Gasteiger partial charge in [-0.1, -0.05) is 12.1 Å². The van der Waals surface area contributed by atoms with Crippen molar-refractivity contribution < 1.29 is 19.6 Å². The Bertz CT molecular complexity index is 744. The number of rotatable bonds is 6. The quantitative estimate of drug-likeness (QED) is 0.620. The zero-order chi connectivity index (χ0) is 17.7. The smallest absolute Gasteiger partial charge is 0.311 e. The third-order valence-electron chi connectivity index (χ3n) is 3.06. The van der Waals surface area contributed by atoms with Crippen LogP contribution in [0.4, 0.5) is 5.69 Å². The van der Waals surface area contributed by atoms with E-state index >= 15 is 0 Å². The van der Waals surface area contributed by atoms with E-state index in [1.165, 1.54) is 12.1 Å². The minimum Gasteiger partial charge on any atom is -0.502 e. The molecule has 8 nitrogen and oxygen atoms in total. The molecule has 0 aliphatic rings. The van der Waals surface area contributed by atoms with Gasteiger partial charge in [-0.3, -0.25) is 14.9 Å². The van der Waals surface area contributed by atoms with Crippen LogP contribution >= 0.6 is 0 Å². The van der Waals surface area contributed by atoms with Crippen LogP contribution in [0, 0.1) is 10.1 Å². The lowest BCUT2D eigenvalue weighted by atomic mass is 10.1. The summed E-state index contributed by atoms with van der Waals surface area (Å²) in [6.45, 7) is 3.94. The Balaban J connectivity index is 2.03. The number of pyridine rings is 1. The lowest BCUT2D eigenvalue weighted by molar-refractivity contribution is -0.385. The summed E-state index contributed by atoms with van der Waals surface area (Å²) in [7, 11) is 0. The van der Waals surface area contributed by atoms with Gasteiger partial charge in [0, 0.05) is 24.9 Å². The van der Waals surface area contributed by atoms with E-state index in [1.807, 2.05) is 13.8 Å². The molecule has 1 amide bonds. The van der Waals surface area contributed by atoms with Crippen molar-refractivity contribution >= 4 is 11.6 Å². The first-order valence-corrected chi connectivity index (χ1v) is 7.24. The summed E-state index contributed by atoms with van der Waals surface area (Å²) in [4.78, 5) is 26.2. The fourth-order valence-electron chi connectivity index (χ4n) is 1.97. The van der Waals surface area contributed by atoms with E-state index in [0.717, 1.165) is 11.6 Å². The Labute approximate surface area is 138 Å². The predicted molar refractivity (Wildman–Crippen MR) is 85.9 cm³/mol. The van der Waals surface area contributed by atoms with E-state index in [4.69, 9.17) is 4.74 Å². The predicted octanol–water partition coefficient (Wildman–Crippen LogP) is 2.41. The fraction of sp³-hybridized carbons (Fsp3) is 0.250. The molecule has 0 saturated heterocycles. The van der Waals surface area contributed by atoms with Crippen molar-refractivity contribution in [2.45, 2.75) is 26.5 Å². The number of nitrogens with one attached hydrogen (secondary N) is 1. The van der Waals surface area contributed by atoms with Gasteiger partial charge in [0.2, 0.25) is 11.6 Å².